The van der Waals surface area contributed by atoms with Gasteiger partial charge in [-0.05, 0) is 37.5 Å². The monoisotopic (exact) mass is 245 g/mol. The average molecular weight is 245 g/mol. The van der Waals surface area contributed by atoms with Crippen molar-refractivity contribution in [3.05, 3.63) is 18.2 Å². The molecule has 0 saturated heterocycles. The van der Waals surface area contributed by atoms with E-state index >= 15 is 0 Å². The second-order valence-corrected chi connectivity index (χ2v) is 5.00. The molecular weight excluding hydrogens is 226 g/mol. The molecule has 1 aromatic carbocycles. The molecule has 18 heavy (non-hydrogen) atoms. The molecular formula is C14H19N3O. The molecule has 1 aliphatic rings. The van der Waals surface area contributed by atoms with E-state index in [2.05, 4.69) is 16.8 Å². The van der Waals surface area contributed by atoms with Crippen LogP contribution in [0.15, 0.2) is 22.6 Å². The van der Waals surface area contributed by atoms with Gasteiger partial charge < -0.3 is 15.1 Å². The van der Waals surface area contributed by atoms with Gasteiger partial charge in [0.25, 0.3) is 6.01 Å². The number of hydrogen-bond acceptors (Lipinski definition) is 4. The van der Waals surface area contributed by atoms with Crippen molar-refractivity contribution in [2.75, 3.05) is 17.2 Å². The number of rotatable bonds is 5. The highest BCUT2D eigenvalue weighted by atomic mass is 16.4. The van der Waals surface area contributed by atoms with Gasteiger partial charge >= 0.3 is 0 Å². The summed E-state index contributed by atoms with van der Waals surface area (Å²) in [4.78, 5) is 6.87. The predicted molar refractivity (Wildman–Crippen MR) is 73.7 cm³/mol. The first kappa shape index (κ1) is 11.4. The molecule has 4 heteroatoms. The first-order chi connectivity index (χ1) is 8.78. The van der Waals surface area contributed by atoms with Crippen LogP contribution in [0.3, 0.4) is 0 Å². The Hall–Kier alpha value is -1.71. The zero-order chi connectivity index (χ0) is 12.5. The molecule has 2 aromatic rings. The van der Waals surface area contributed by atoms with Crippen LogP contribution in [0.5, 0.6) is 0 Å². The third-order valence-corrected chi connectivity index (χ3v) is 3.39. The fourth-order valence-corrected chi connectivity index (χ4v) is 2.20. The van der Waals surface area contributed by atoms with Crippen molar-refractivity contribution >= 4 is 22.8 Å². The SMILES string of the molecule is CCCCN(c1nc2cc(N)ccc2o1)C1CC1. The molecule has 1 aliphatic carbocycles. The molecule has 0 atom stereocenters. The van der Waals surface area contributed by atoms with Crippen LogP contribution in [-0.4, -0.2) is 17.6 Å². The van der Waals surface area contributed by atoms with E-state index in [-0.39, 0.29) is 0 Å². The molecule has 0 bridgehead atoms. The maximum Gasteiger partial charge on any atom is 0.298 e. The van der Waals surface area contributed by atoms with E-state index in [0.29, 0.717) is 6.04 Å². The van der Waals surface area contributed by atoms with Gasteiger partial charge in [-0.1, -0.05) is 13.3 Å². The third-order valence-electron chi connectivity index (χ3n) is 3.39. The molecule has 96 valence electrons. The smallest absolute Gasteiger partial charge is 0.298 e. The fraction of sp³-hybridized carbons (Fsp3) is 0.500. The molecule has 0 radical (unpaired) electrons. The highest BCUT2D eigenvalue weighted by Crippen LogP contribution is 2.33. The van der Waals surface area contributed by atoms with Crippen LogP contribution in [0.25, 0.3) is 11.1 Å². The van der Waals surface area contributed by atoms with Crippen LogP contribution < -0.4 is 10.6 Å². The number of nitrogens with zero attached hydrogens (tertiary/aromatic N) is 2. The molecule has 4 nitrogen and oxygen atoms in total. The number of oxazole rings is 1. The number of aromatic nitrogens is 1. The predicted octanol–water partition coefficient (Wildman–Crippen LogP) is 3.18. The van der Waals surface area contributed by atoms with Crippen LogP contribution in [0.1, 0.15) is 32.6 Å². The number of fused-ring (bicyclic) bond motifs is 1. The second-order valence-electron chi connectivity index (χ2n) is 5.00. The maximum absolute atomic E-state index is 5.84. The van der Waals surface area contributed by atoms with E-state index in [1.807, 2.05) is 18.2 Å². The van der Waals surface area contributed by atoms with E-state index in [0.717, 1.165) is 29.3 Å². The van der Waals surface area contributed by atoms with Crippen molar-refractivity contribution < 1.29 is 4.42 Å². The number of unbranched alkanes of at least 4 members (excludes halogenated alkanes) is 1. The lowest BCUT2D eigenvalue weighted by molar-refractivity contribution is 0.555. The normalized spacial score (nSPS) is 15.2. The number of nitrogens with two attached hydrogens (primary N) is 1. The van der Waals surface area contributed by atoms with Crippen LogP contribution in [0, 0.1) is 0 Å². The van der Waals surface area contributed by atoms with Crippen molar-refractivity contribution in [2.45, 2.75) is 38.6 Å². The number of nitrogen functional groups attached to an aromatic ring is 1. The topological polar surface area (TPSA) is 55.3 Å². The van der Waals surface area contributed by atoms with E-state index in [4.69, 9.17) is 10.2 Å². The fourth-order valence-electron chi connectivity index (χ4n) is 2.20. The Kier molecular flexibility index (Phi) is 2.86. The molecule has 1 fully saturated rings. The first-order valence-electron chi connectivity index (χ1n) is 6.70. The van der Waals surface area contributed by atoms with Gasteiger partial charge in [-0.15, -0.1) is 0 Å². The average Bonchev–Trinajstić information content (AvgIpc) is 3.10. The largest absolute Gasteiger partial charge is 0.423 e. The molecule has 0 amide bonds. The number of benzene rings is 1. The summed E-state index contributed by atoms with van der Waals surface area (Å²) in [6.45, 7) is 3.24. The van der Waals surface area contributed by atoms with Crippen LogP contribution >= 0.6 is 0 Å². The quantitative estimate of drug-likeness (QED) is 0.822. The minimum Gasteiger partial charge on any atom is -0.423 e. The second kappa shape index (κ2) is 4.52. The van der Waals surface area contributed by atoms with Crippen LogP contribution in [0.2, 0.25) is 0 Å². The van der Waals surface area contributed by atoms with Gasteiger partial charge in [-0.2, -0.15) is 4.98 Å². The number of anilines is 2. The molecule has 3 rings (SSSR count). The Morgan fingerprint density at radius 1 is 1.44 bits per heavy atom. The molecule has 0 aliphatic heterocycles. The molecule has 0 spiro atoms. The molecule has 1 heterocycles. The van der Waals surface area contributed by atoms with Crippen LogP contribution in [-0.2, 0) is 0 Å². The summed E-state index contributed by atoms with van der Waals surface area (Å²) in [6, 6.07) is 7.00. The van der Waals surface area contributed by atoms with Crippen molar-refractivity contribution in [2.24, 2.45) is 0 Å². The minimum absolute atomic E-state index is 0.627. The Bertz CT molecular complexity index is 545. The Balaban J connectivity index is 1.90. The van der Waals surface area contributed by atoms with Gasteiger partial charge in [0, 0.05) is 18.3 Å². The molecule has 2 N–H and O–H groups in total. The molecule has 1 aromatic heterocycles. The molecule has 0 unspecified atom stereocenters. The van der Waals surface area contributed by atoms with Crippen molar-refractivity contribution in [1.29, 1.82) is 0 Å². The lowest BCUT2D eigenvalue weighted by atomic mass is 10.3. The highest BCUT2D eigenvalue weighted by Gasteiger charge is 2.31. The third kappa shape index (κ3) is 2.15. The molecule has 1 saturated carbocycles. The van der Waals surface area contributed by atoms with Gasteiger partial charge in [-0.3, -0.25) is 0 Å². The number of hydrogen-bond donors (Lipinski definition) is 1. The highest BCUT2D eigenvalue weighted by molar-refractivity contribution is 5.78. The summed E-state index contributed by atoms with van der Waals surface area (Å²) >= 11 is 0. The van der Waals surface area contributed by atoms with Gasteiger partial charge in [0.05, 0.1) is 0 Å². The summed E-state index contributed by atoms with van der Waals surface area (Å²) in [7, 11) is 0. The summed E-state index contributed by atoms with van der Waals surface area (Å²) in [6.07, 6.45) is 4.88. The zero-order valence-corrected chi connectivity index (χ0v) is 10.7. The Labute approximate surface area is 107 Å². The minimum atomic E-state index is 0.627. The Morgan fingerprint density at radius 2 is 2.28 bits per heavy atom. The summed E-state index contributed by atoms with van der Waals surface area (Å²) in [5, 5.41) is 0. The standard InChI is InChI=1S/C14H19N3O/c1-2-3-8-17(11-5-6-11)14-16-12-9-10(15)4-7-13(12)18-14/h4,7,9,11H,2-3,5-6,8,15H2,1H3. The van der Waals surface area contributed by atoms with E-state index in [1.54, 1.807) is 0 Å². The lowest BCUT2D eigenvalue weighted by Crippen LogP contribution is -2.26. The van der Waals surface area contributed by atoms with Gasteiger partial charge in [0.15, 0.2) is 5.58 Å². The van der Waals surface area contributed by atoms with Crippen molar-refractivity contribution in [3.63, 3.8) is 0 Å². The van der Waals surface area contributed by atoms with E-state index in [9.17, 15) is 0 Å². The van der Waals surface area contributed by atoms with Crippen molar-refractivity contribution in [1.82, 2.24) is 4.98 Å². The van der Waals surface area contributed by atoms with Crippen molar-refractivity contribution in [3.8, 4) is 0 Å². The van der Waals surface area contributed by atoms with Gasteiger partial charge in [0.2, 0.25) is 0 Å². The van der Waals surface area contributed by atoms with E-state index in [1.165, 1.54) is 25.7 Å². The van der Waals surface area contributed by atoms with Gasteiger partial charge in [0.1, 0.15) is 5.52 Å². The summed E-state index contributed by atoms with van der Waals surface area (Å²) in [5.74, 6) is 0. The Morgan fingerprint density at radius 3 is 3.00 bits per heavy atom. The zero-order valence-electron chi connectivity index (χ0n) is 10.7. The maximum atomic E-state index is 5.84. The first-order valence-corrected chi connectivity index (χ1v) is 6.70. The summed E-state index contributed by atoms with van der Waals surface area (Å²) < 4.78 is 5.84. The van der Waals surface area contributed by atoms with Crippen LogP contribution in [0.4, 0.5) is 11.7 Å². The van der Waals surface area contributed by atoms with E-state index < -0.39 is 0 Å². The lowest BCUT2D eigenvalue weighted by Gasteiger charge is -2.19. The summed E-state index contributed by atoms with van der Waals surface area (Å²) in [5.41, 5.74) is 8.17. The van der Waals surface area contributed by atoms with Gasteiger partial charge in [-0.25, -0.2) is 0 Å².